The average molecular weight is 342 g/mol. The third-order valence-electron chi connectivity index (χ3n) is 4.70. The first kappa shape index (κ1) is 15.9. The van der Waals surface area contributed by atoms with Gasteiger partial charge in [-0.15, -0.1) is 10.2 Å². The van der Waals surface area contributed by atoms with Gasteiger partial charge in [0.05, 0.1) is 6.54 Å². The molecule has 0 bridgehead atoms. The van der Waals surface area contributed by atoms with E-state index in [9.17, 15) is 4.79 Å². The van der Waals surface area contributed by atoms with Crippen LogP contribution in [-0.4, -0.2) is 44.3 Å². The zero-order valence-corrected chi connectivity index (χ0v) is 14.7. The molecule has 1 aromatic heterocycles. The van der Waals surface area contributed by atoms with Crippen molar-refractivity contribution in [3.8, 4) is 11.5 Å². The molecule has 2 aliphatic heterocycles. The van der Waals surface area contributed by atoms with Crippen LogP contribution in [0.2, 0.25) is 0 Å². The Morgan fingerprint density at radius 1 is 1.16 bits per heavy atom. The third kappa shape index (κ3) is 2.73. The first-order valence-corrected chi connectivity index (χ1v) is 8.67. The van der Waals surface area contributed by atoms with Gasteiger partial charge in [-0.1, -0.05) is 26.0 Å². The second kappa shape index (κ2) is 6.06. The largest absolute Gasteiger partial charge is 0.482 e. The molecule has 132 valence electrons. The quantitative estimate of drug-likeness (QED) is 0.835. The summed E-state index contributed by atoms with van der Waals surface area (Å²) < 4.78 is 13.9. The lowest BCUT2D eigenvalue weighted by molar-refractivity contribution is -0.146. The fourth-order valence-electron chi connectivity index (χ4n) is 3.37. The first-order chi connectivity index (χ1) is 12.0. The van der Waals surface area contributed by atoms with E-state index < -0.39 is 6.10 Å². The Hall–Kier alpha value is -2.57. The van der Waals surface area contributed by atoms with E-state index in [4.69, 9.17) is 9.47 Å². The molecule has 0 unspecified atom stereocenters. The molecule has 2 aromatic rings. The van der Waals surface area contributed by atoms with Crippen LogP contribution >= 0.6 is 0 Å². The molecule has 2 aliphatic rings. The summed E-state index contributed by atoms with van der Waals surface area (Å²) in [6.07, 6.45) is -0.984. The molecule has 0 fully saturated rings. The van der Waals surface area contributed by atoms with Crippen molar-refractivity contribution < 1.29 is 14.3 Å². The molecular weight excluding hydrogens is 320 g/mol. The SMILES string of the molecule is CC(C)c1nnc2n1CCN(C(=O)[C@H]1Oc3ccccc3O[C@H]1C)C2. The zero-order valence-electron chi connectivity index (χ0n) is 14.7. The number of nitrogens with zero attached hydrogens (tertiary/aromatic N) is 4. The number of ether oxygens (including phenoxy) is 2. The first-order valence-electron chi connectivity index (χ1n) is 8.67. The van der Waals surface area contributed by atoms with Crippen LogP contribution in [0.15, 0.2) is 24.3 Å². The normalized spacial score (nSPS) is 22.0. The van der Waals surface area contributed by atoms with E-state index in [2.05, 4.69) is 28.6 Å². The molecule has 0 saturated carbocycles. The van der Waals surface area contributed by atoms with Gasteiger partial charge in [0.25, 0.3) is 5.91 Å². The maximum atomic E-state index is 13.0. The number of amides is 1. The molecule has 1 amide bonds. The van der Waals surface area contributed by atoms with Crippen LogP contribution in [0.5, 0.6) is 11.5 Å². The van der Waals surface area contributed by atoms with E-state index in [1.807, 2.05) is 31.2 Å². The van der Waals surface area contributed by atoms with Crippen molar-refractivity contribution in [2.24, 2.45) is 0 Å². The second-order valence-corrected chi connectivity index (χ2v) is 6.85. The molecule has 25 heavy (non-hydrogen) atoms. The molecule has 0 aliphatic carbocycles. The van der Waals surface area contributed by atoms with Gasteiger partial charge in [0.2, 0.25) is 6.10 Å². The van der Waals surface area contributed by atoms with Gasteiger partial charge in [0, 0.05) is 19.0 Å². The summed E-state index contributed by atoms with van der Waals surface area (Å²) in [6, 6.07) is 7.43. The van der Waals surface area contributed by atoms with Gasteiger partial charge in [0.1, 0.15) is 11.9 Å². The van der Waals surface area contributed by atoms with E-state index in [1.165, 1.54) is 0 Å². The van der Waals surface area contributed by atoms with Crippen LogP contribution in [0.25, 0.3) is 0 Å². The van der Waals surface area contributed by atoms with Crippen LogP contribution in [0.4, 0.5) is 0 Å². The van der Waals surface area contributed by atoms with E-state index in [0.29, 0.717) is 37.1 Å². The minimum Gasteiger partial charge on any atom is -0.482 e. The number of carbonyl (C=O) groups is 1. The van der Waals surface area contributed by atoms with Crippen molar-refractivity contribution in [2.45, 2.75) is 52.0 Å². The molecule has 7 heteroatoms. The van der Waals surface area contributed by atoms with Crippen molar-refractivity contribution in [2.75, 3.05) is 6.54 Å². The van der Waals surface area contributed by atoms with E-state index >= 15 is 0 Å². The van der Waals surface area contributed by atoms with E-state index in [-0.39, 0.29) is 12.0 Å². The number of rotatable bonds is 2. The van der Waals surface area contributed by atoms with Crippen LogP contribution < -0.4 is 9.47 Å². The standard InChI is InChI=1S/C18H22N4O3/c1-11(2)17-20-19-15-10-21(8-9-22(15)17)18(23)16-12(3)24-13-6-4-5-7-14(13)25-16/h4-7,11-12,16H,8-10H2,1-3H3/t12-,16-/m0/s1. The van der Waals surface area contributed by atoms with Gasteiger partial charge in [-0.05, 0) is 19.1 Å². The fourth-order valence-corrected chi connectivity index (χ4v) is 3.37. The molecule has 0 N–H and O–H groups in total. The molecule has 2 atom stereocenters. The summed E-state index contributed by atoms with van der Waals surface area (Å²) in [5.41, 5.74) is 0. The van der Waals surface area contributed by atoms with Crippen molar-refractivity contribution in [3.05, 3.63) is 35.9 Å². The van der Waals surface area contributed by atoms with Gasteiger partial charge >= 0.3 is 0 Å². The lowest BCUT2D eigenvalue weighted by Gasteiger charge is -2.36. The number of hydrogen-bond acceptors (Lipinski definition) is 5. The Kier molecular flexibility index (Phi) is 3.86. The highest BCUT2D eigenvalue weighted by molar-refractivity contribution is 5.82. The van der Waals surface area contributed by atoms with E-state index in [1.54, 1.807) is 4.90 Å². The molecule has 3 heterocycles. The van der Waals surface area contributed by atoms with Gasteiger partial charge in [-0.2, -0.15) is 0 Å². The van der Waals surface area contributed by atoms with Crippen LogP contribution in [0.3, 0.4) is 0 Å². The van der Waals surface area contributed by atoms with Gasteiger partial charge < -0.3 is 18.9 Å². The van der Waals surface area contributed by atoms with Gasteiger partial charge in [-0.3, -0.25) is 4.79 Å². The topological polar surface area (TPSA) is 69.5 Å². The van der Waals surface area contributed by atoms with E-state index in [0.717, 1.165) is 11.6 Å². The highest BCUT2D eigenvalue weighted by Crippen LogP contribution is 2.34. The van der Waals surface area contributed by atoms with Crippen LogP contribution in [0, 0.1) is 0 Å². The maximum Gasteiger partial charge on any atom is 0.268 e. The number of benzene rings is 1. The molecular formula is C18H22N4O3. The zero-order chi connectivity index (χ0) is 17.6. The van der Waals surface area contributed by atoms with Crippen LogP contribution in [-0.2, 0) is 17.9 Å². The smallest absolute Gasteiger partial charge is 0.268 e. The summed E-state index contributed by atoms with van der Waals surface area (Å²) in [5.74, 6) is 3.34. The molecule has 1 aromatic carbocycles. The number of carbonyl (C=O) groups excluding carboxylic acids is 1. The van der Waals surface area contributed by atoms with Crippen molar-refractivity contribution in [3.63, 3.8) is 0 Å². The van der Waals surface area contributed by atoms with Crippen molar-refractivity contribution in [1.82, 2.24) is 19.7 Å². The predicted molar refractivity (Wildman–Crippen MR) is 90.5 cm³/mol. The number of aromatic nitrogens is 3. The summed E-state index contributed by atoms with van der Waals surface area (Å²) in [5, 5.41) is 8.53. The number of fused-ring (bicyclic) bond motifs is 2. The molecule has 7 nitrogen and oxygen atoms in total. The van der Waals surface area contributed by atoms with Crippen molar-refractivity contribution >= 4 is 5.91 Å². The Morgan fingerprint density at radius 3 is 2.60 bits per heavy atom. The van der Waals surface area contributed by atoms with Crippen LogP contribution in [0.1, 0.15) is 38.3 Å². The Labute approximate surface area is 146 Å². The third-order valence-corrected chi connectivity index (χ3v) is 4.70. The lowest BCUT2D eigenvalue weighted by atomic mass is 10.1. The number of hydrogen-bond donors (Lipinski definition) is 0. The highest BCUT2D eigenvalue weighted by atomic mass is 16.6. The number of para-hydroxylation sites is 2. The fraction of sp³-hybridized carbons (Fsp3) is 0.500. The van der Waals surface area contributed by atoms with Gasteiger partial charge in [0.15, 0.2) is 17.3 Å². The maximum absolute atomic E-state index is 13.0. The summed E-state index contributed by atoms with van der Waals surface area (Å²) in [7, 11) is 0. The molecule has 4 rings (SSSR count). The minimum absolute atomic E-state index is 0.0673. The Balaban J connectivity index is 1.52. The summed E-state index contributed by atoms with van der Waals surface area (Å²) >= 11 is 0. The Morgan fingerprint density at radius 2 is 1.88 bits per heavy atom. The second-order valence-electron chi connectivity index (χ2n) is 6.85. The highest BCUT2D eigenvalue weighted by Gasteiger charge is 2.38. The summed E-state index contributed by atoms with van der Waals surface area (Å²) in [6.45, 7) is 7.84. The summed E-state index contributed by atoms with van der Waals surface area (Å²) in [4.78, 5) is 14.8. The average Bonchev–Trinajstić information content (AvgIpc) is 3.04. The minimum atomic E-state index is -0.644. The molecule has 0 spiro atoms. The Bertz CT molecular complexity index is 801. The van der Waals surface area contributed by atoms with Crippen molar-refractivity contribution in [1.29, 1.82) is 0 Å². The monoisotopic (exact) mass is 342 g/mol. The molecule has 0 radical (unpaired) electrons. The predicted octanol–water partition coefficient (Wildman–Crippen LogP) is 1.97. The lowest BCUT2D eigenvalue weighted by Crippen LogP contribution is -2.52. The molecule has 0 saturated heterocycles. The van der Waals surface area contributed by atoms with Gasteiger partial charge in [-0.25, -0.2) is 0 Å².